The SMILES string of the molecule is CC1CCCCC1Nc1cc(Br)ccc1C#N. The maximum atomic E-state index is 9.10. The minimum Gasteiger partial charge on any atom is -0.381 e. The second kappa shape index (κ2) is 5.55. The zero-order valence-corrected chi connectivity index (χ0v) is 11.6. The summed E-state index contributed by atoms with van der Waals surface area (Å²) in [5.74, 6) is 0.689. The van der Waals surface area contributed by atoms with Crippen LogP contribution in [-0.4, -0.2) is 6.04 Å². The molecule has 2 nitrogen and oxygen atoms in total. The van der Waals surface area contributed by atoms with Crippen molar-refractivity contribution < 1.29 is 0 Å². The number of nitriles is 1. The molecule has 2 atom stereocenters. The topological polar surface area (TPSA) is 35.8 Å². The Bertz CT molecular complexity index is 436. The van der Waals surface area contributed by atoms with Crippen molar-refractivity contribution in [1.82, 2.24) is 0 Å². The third-order valence-corrected chi connectivity index (χ3v) is 4.05. The molecule has 3 heteroatoms. The summed E-state index contributed by atoms with van der Waals surface area (Å²) in [5, 5.41) is 12.6. The lowest BCUT2D eigenvalue weighted by Gasteiger charge is -2.30. The van der Waals surface area contributed by atoms with Crippen LogP contribution in [0.3, 0.4) is 0 Å². The molecule has 1 aliphatic carbocycles. The molecule has 0 spiro atoms. The van der Waals surface area contributed by atoms with Crippen molar-refractivity contribution in [2.75, 3.05) is 5.32 Å². The highest BCUT2D eigenvalue weighted by atomic mass is 79.9. The first-order valence-corrected chi connectivity index (χ1v) is 6.96. The smallest absolute Gasteiger partial charge is 0.101 e. The van der Waals surface area contributed by atoms with Crippen LogP contribution in [0.25, 0.3) is 0 Å². The minimum absolute atomic E-state index is 0.505. The van der Waals surface area contributed by atoms with Crippen molar-refractivity contribution in [1.29, 1.82) is 5.26 Å². The summed E-state index contributed by atoms with van der Waals surface area (Å²) in [6.45, 7) is 2.29. The van der Waals surface area contributed by atoms with Crippen molar-refractivity contribution in [3.05, 3.63) is 28.2 Å². The molecule has 1 N–H and O–H groups in total. The lowest BCUT2D eigenvalue weighted by atomic mass is 9.85. The van der Waals surface area contributed by atoms with E-state index in [2.05, 4.69) is 34.2 Å². The highest BCUT2D eigenvalue weighted by molar-refractivity contribution is 9.10. The zero-order valence-electron chi connectivity index (χ0n) is 10.0. The highest BCUT2D eigenvalue weighted by Crippen LogP contribution is 2.29. The van der Waals surface area contributed by atoms with Gasteiger partial charge in [-0.1, -0.05) is 35.7 Å². The first-order valence-electron chi connectivity index (χ1n) is 6.17. The summed E-state index contributed by atoms with van der Waals surface area (Å²) in [6.07, 6.45) is 5.12. The molecule has 2 rings (SSSR count). The summed E-state index contributed by atoms with van der Waals surface area (Å²) >= 11 is 3.46. The first-order chi connectivity index (χ1) is 8.20. The molecule has 1 aliphatic rings. The molecule has 0 bridgehead atoms. The highest BCUT2D eigenvalue weighted by Gasteiger charge is 2.21. The lowest BCUT2D eigenvalue weighted by molar-refractivity contribution is 0.349. The second-order valence-electron chi connectivity index (χ2n) is 4.81. The van der Waals surface area contributed by atoms with Crippen molar-refractivity contribution in [3.63, 3.8) is 0 Å². The van der Waals surface area contributed by atoms with Gasteiger partial charge in [0, 0.05) is 10.5 Å². The number of anilines is 1. The van der Waals surface area contributed by atoms with Gasteiger partial charge in [-0.05, 0) is 37.0 Å². The Kier molecular flexibility index (Phi) is 4.06. The number of nitrogens with zero attached hydrogens (tertiary/aromatic N) is 1. The van der Waals surface area contributed by atoms with Crippen molar-refractivity contribution >= 4 is 21.6 Å². The van der Waals surface area contributed by atoms with E-state index in [0.29, 0.717) is 12.0 Å². The number of rotatable bonds is 2. The Balaban J connectivity index is 2.17. The van der Waals surface area contributed by atoms with Gasteiger partial charge in [0.15, 0.2) is 0 Å². The average molecular weight is 293 g/mol. The van der Waals surface area contributed by atoms with E-state index in [4.69, 9.17) is 5.26 Å². The molecule has 0 heterocycles. The zero-order chi connectivity index (χ0) is 12.3. The Morgan fingerprint density at radius 3 is 2.82 bits per heavy atom. The van der Waals surface area contributed by atoms with E-state index in [-0.39, 0.29) is 0 Å². The summed E-state index contributed by atoms with van der Waals surface area (Å²) in [5.41, 5.74) is 1.69. The standard InChI is InChI=1S/C14H17BrN2/c1-10-4-2-3-5-13(10)17-14-8-12(15)7-6-11(14)9-16/h6-8,10,13,17H,2-5H2,1H3. The van der Waals surface area contributed by atoms with Crippen LogP contribution in [0.4, 0.5) is 5.69 Å². The minimum atomic E-state index is 0.505. The van der Waals surface area contributed by atoms with Crippen molar-refractivity contribution in [2.24, 2.45) is 5.92 Å². The van der Waals surface area contributed by atoms with E-state index in [1.165, 1.54) is 25.7 Å². The molecule has 0 aliphatic heterocycles. The van der Waals surface area contributed by atoms with Crippen LogP contribution < -0.4 is 5.32 Å². The van der Waals surface area contributed by atoms with Gasteiger partial charge >= 0.3 is 0 Å². The number of nitrogens with one attached hydrogen (secondary N) is 1. The largest absolute Gasteiger partial charge is 0.381 e. The van der Waals surface area contributed by atoms with Crippen molar-refractivity contribution in [2.45, 2.75) is 38.6 Å². The van der Waals surface area contributed by atoms with E-state index < -0.39 is 0 Å². The Labute approximate surface area is 111 Å². The van der Waals surface area contributed by atoms with E-state index >= 15 is 0 Å². The normalized spacial score (nSPS) is 24.1. The molecule has 1 fully saturated rings. The predicted molar refractivity (Wildman–Crippen MR) is 73.9 cm³/mol. The number of benzene rings is 1. The molecule has 1 saturated carbocycles. The van der Waals surface area contributed by atoms with Gasteiger partial charge in [0.2, 0.25) is 0 Å². The van der Waals surface area contributed by atoms with Crippen molar-refractivity contribution in [3.8, 4) is 6.07 Å². The van der Waals surface area contributed by atoms with Gasteiger partial charge in [-0.2, -0.15) is 5.26 Å². The molecular formula is C14H17BrN2. The fourth-order valence-electron chi connectivity index (χ4n) is 2.46. The molecule has 0 radical (unpaired) electrons. The summed E-state index contributed by atoms with van der Waals surface area (Å²) < 4.78 is 1.02. The van der Waals surface area contributed by atoms with Gasteiger partial charge in [0.1, 0.15) is 6.07 Å². The molecule has 90 valence electrons. The average Bonchev–Trinajstić information content (AvgIpc) is 2.32. The van der Waals surface area contributed by atoms with Crippen LogP contribution in [0.5, 0.6) is 0 Å². The van der Waals surface area contributed by atoms with Crippen LogP contribution in [0.15, 0.2) is 22.7 Å². The van der Waals surface area contributed by atoms with Gasteiger partial charge < -0.3 is 5.32 Å². The molecule has 1 aromatic carbocycles. The van der Waals surface area contributed by atoms with E-state index in [9.17, 15) is 0 Å². The van der Waals surface area contributed by atoms with Gasteiger partial charge in [-0.3, -0.25) is 0 Å². The lowest BCUT2D eigenvalue weighted by Crippen LogP contribution is -2.30. The molecule has 0 amide bonds. The Hall–Kier alpha value is -1.01. The van der Waals surface area contributed by atoms with Crippen LogP contribution in [0.2, 0.25) is 0 Å². The fraction of sp³-hybridized carbons (Fsp3) is 0.500. The summed E-state index contributed by atoms with van der Waals surface area (Å²) in [7, 11) is 0. The predicted octanol–water partition coefficient (Wildman–Crippen LogP) is 4.31. The molecular weight excluding hydrogens is 276 g/mol. The number of hydrogen-bond donors (Lipinski definition) is 1. The van der Waals surface area contributed by atoms with Gasteiger partial charge in [0.25, 0.3) is 0 Å². The van der Waals surface area contributed by atoms with Crippen LogP contribution in [0, 0.1) is 17.2 Å². The van der Waals surface area contributed by atoms with Gasteiger partial charge in [0.05, 0.1) is 11.3 Å². The Morgan fingerprint density at radius 2 is 2.12 bits per heavy atom. The summed E-state index contributed by atoms with van der Waals surface area (Å²) in [4.78, 5) is 0. The first kappa shape index (κ1) is 12.4. The van der Waals surface area contributed by atoms with Crippen LogP contribution in [-0.2, 0) is 0 Å². The second-order valence-corrected chi connectivity index (χ2v) is 5.73. The summed E-state index contributed by atoms with van der Waals surface area (Å²) in [6, 6.07) is 8.52. The van der Waals surface area contributed by atoms with Gasteiger partial charge in [-0.15, -0.1) is 0 Å². The molecule has 1 aromatic rings. The molecule has 2 unspecified atom stereocenters. The van der Waals surface area contributed by atoms with E-state index in [1.807, 2.05) is 18.2 Å². The molecule has 17 heavy (non-hydrogen) atoms. The third kappa shape index (κ3) is 3.01. The van der Waals surface area contributed by atoms with Crippen LogP contribution >= 0.6 is 15.9 Å². The Morgan fingerprint density at radius 1 is 1.35 bits per heavy atom. The van der Waals surface area contributed by atoms with Crippen LogP contribution in [0.1, 0.15) is 38.2 Å². The maximum Gasteiger partial charge on any atom is 0.101 e. The quantitative estimate of drug-likeness (QED) is 0.882. The number of hydrogen-bond acceptors (Lipinski definition) is 2. The monoisotopic (exact) mass is 292 g/mol. The fourth-order valence-corrected chi connectivity index (χ4v) is 2.82. The van der Waals surface area contributed by atoms with E-state index in [1.54, 1.807) is 0 Å². The maximum absolute atomic E-state index is 9.10. The van der Waals surface area contributed by atoms with Gasteiger partial charge in [-0.25, -0.2) is 0 Å². The third-order valence-electron chi connectivity index (χ3n) is 3.55. The molecule has 0 saturated heterocycles. The molecule has 0 aromatic heterocycles. The van der Waals surface area contributed by atoms with E-state index in [0.717, 1.165) is 15.7 Å². The number of halogens is 1.